The van der Waals surface area contributed by atoms with Gasteiger partial charge in [-0.2, -0.15) is 0 Å². The molecule has 2 aromatic rings. The third kappa shape index (κ3) is 2.02. The third-order valence-electron chi connectivity index (χ3n) is 2.48. The second-order valence-electron chi connectivity index (χ2n) is 3.75. The molecular formula is C11H10ClNO3. The number of aromatic nitrogens is 1. The van der Waals surface area contributed by atoms with Gasteiger partial charge in [-0.05, 0) is 23.6 Å². The summed E-state index contributed by atoms with van der Waals surface area (Å²) in [6.45, 7) is 1.85. The first-order chi connectivity index (χ1) is 7.58. The first-order valence-corrected chi connectivity index (χ1v) is 5.21. The molecule has 1 aromatic heterocycles. The molecule has 1 unspecified atom stereocenters. The van der Waals surface area contributed by atoms with Crippen LogP contribution in [0.1, 0.15) is 24.8 Å². The van der Waals surface area contributed by atoms with Crippen LogP contribution in [0, 0.1) is 0 Å². The largest absolute Gasteiger partial charge is 0.481 e. The summed E-state index contributed by atoms with van der Waals surface area (Å²) >= 11 is 6.00. The number of carboxylic acids is 1. The second-order valence-corrected chi connectivity index (χ2v) is 4.15. The molecule has 84 valence electrons. The van der Waals surface area contributed by atoms with Crippen molar-refractivity contribution in [3.63, 3.8) is 0 Å². The summed E-state index contributed by atoms with van der Waals surface area (Å²) < 4.78 is 4.97. The maximum atomic E-state index is 10.6. The van der Waals surface area contributed by atoms with Gasteiger partial charge in [-0.15, -0.1) is 0 Å². The van der Waals surface area contributed by atoms with E-state index >= 15 is 0 Å². The van der Waals surface area contributed by atoms with E-state index in [1.54, 1.807) is 12.3 Å². The molecule has 0 radical (unpaired) electrons. The van der Waals surface area contributed by atoms with E-state index in [-0.39, 0.29) is 12.3 Å². The van der Waals surface area contributed by atoms with E-state index < -0.39 is 5.97 Å². The Morgan fingerprint density at radius 1 is 1.62 bits per heavy atom. The van der Waals surface area contributed by atoms with Gasteiger partial charge in [0.1, 0.15) is 0 Å². The van der Waals surface area contributed by atoms with Crippen LogP contribution in [0.3, 0.4) is 0 Å². The highest BCUT2D eigenvalue weighted by Crippen LogP contribution is 2.29. The van der Waals surface area contributed by atoms with Crippen LogP contribution in [-0.2, 0) is 4.79 Å². The van der Waals surface area contributed by atoms with Crippen LogP contribution in [0.5, 0.6) is 0 Å². The molecule has 0 saturated heterocycles. The summed E-state index contributed by atoms with van der Waals surface area (Å²) in [5.41, 5.74) is 1.41. The molecule has 5 heteroatoms. The number of hydrogen-bond acceptors (Lipinski definition) is 3. The van der Waals surface area contributed by atoms with E-state index in [0.717, 1.165) is 10.9 Å². The normalized spacial score (nSPS) is 12.9. The fraction of sp³-hybridized carbons (Fsp3) is 0.273. The lowest BCUT2D eigenvalue weighted by Gasteiger charge is -2.09. The molecule has 4 nitrogen and oxygen atoms in total. The first kappa shape index (κ1) is 11.0. The van der Waals surface area contributed by atoms with E-state index in [1.807, 2.05) is 13.0 Å². The molecular weight excluding hydrogens is 230 g/mol. The molecule has 0 amide bonds. The maximum absolute atomic E-state index is 10.6. The lowest BCUT2D eigenvalue weighted by Crippen LogP contribution is -2.02. The van der Waals surface area contributed by atoms with Crippen LogP contribution in [-0.4, -0.2) is 16.2 Å². The fourth-order valence-electron chi connectivity index (χ4n) is 1.63. The van der Waals surface area contributed by atoms with Crippen LogP contribution >= 0.6 is 11.6 Å². The number of nitrogens with zero attached hydrogens (tertiary/aromatic N) is 1. The molecule has 0 saturated carbocycles. The minimum atomic E-state index is -0.825. The summed E-state index contributed by atoms with van der Waals surface area (Å²) in [6.07, 6.45) is 1.64. The van der Waals surface area contributed by atoms with Crippen LogP contribution < -0.4 is 0 Å². The second kappa shape index (κ2) is 4.14. The van der Waals surface area contributed by atoms with Crippen molar-refractivity contribution in [1.29, 1.82) is 0 Å². The predicted octanol–water partition coefficient (Wildman–Crippen LogP) is 3.06. The predicted molar refractivity (Wildman–Crippen MR) is 59.7 cm³/mol. The average molecular weight is 240 g/mol. The van der Waals surface area contributed by atoms with Gasteiger partial charge in [-0.3, -0.25) is 4.79 Å². The maximum Gasteiger partial charge on any atom is 0.303 e. The van der Waals surface area contributed by atoms with E-state index in [1.165, 1.54) is 0 Å². The van der Waals surface area contributed by atoms with E-state index in [0.29, 0.717) is 10.6 Å². The van der Waals surface area contributed by atoms with E-state index in [4.69, 9.17) is 21.2 Å². The molecule has 0 aliphatic rings. The van der Waals surface area contributed by atoms with Gasteiger partial charge >= 0.3 is 5.97 Å². The zero-order chi connectivity index (χ0) is 11.7. The Morgan fingerprint density at radius 3 is 3.06 bits per heavy atom. The average Bonchev–Trinajstić information content (AvgIpc) is 2.64. The number of carbonyl (C=O) groups is 1. The van der Waals surface area contributed by atoms with Crippen molar-refractivity contribution in [3.05, 3.63) is 28.9 Å². The number of aliphatic carboxylic acids is 1. The lowest BCUT2D eigenvalue weighted by atomic mass is 9.97. The molecule has 2 rings (SSSR count). The Balaban J connectivity index is 2.41. The van der Waals surface area contributed by atoms with Crippen molar-refractivity contribution in [1.82, 2.24) is 5.16 Å². The molecule has 0 fully saturated rings. The number of hydrogen-bond donors (Lipinski definition) is 1. The minimum Gasteiger partial charge on any atom is -0.481 e. The van der Waals surface area contributed by atoms with Gasteiger partial charge in [0, 0.05) is 5.39 Å². The molecule has 1 atom stereocenters. The van der Waals surface area contributed by atoms with Crippen molar-refractivity contribution >= 4 is 28.5 Å². The van der Waals surface area contributed by atoms with Gasteiger partial charge in [-0.1, -0.05) is 23.7 Å². The van der Waals surface area contributed by atoms with E-state index in [9.17, 15) is 4.79 Å². The highest BCUT2D eigenvalue weighted by Gasteiger charge is 2.14. The van der Waals surface area contributed by atoms with Gasteiger partial charge in [0.05, 0.1) is 17.6 Å². The Bertz CT molecular complexity index is 535. The summed E-state index contributed by atoms with van der Waals surface area (Å²) in [5.74, 6) is -0.914. The smallest absolute Gasteiger partial charge is 0.303 e. The van der Waals surface area contributed by atoms with Gasteiger partial charge in [0.2, 0.25) is 0 Å². The highest BCUT2D eigenvalue weighted by molar-refractivity contribution is 6.34. The molecule has 1 N–H and O–H groups in total. The van der Waals surface area contributed by atoms with Crippen LogP contribution in [0.2, 0.25) is 5.02 Å². The SMILES string of the molecule is CC(CC(=O)O)c1cc(Cl)c2oncc2c1. The van der Waals surface area contributed by atoms with Gasteiger partial charge in [0.25, 0.3) is 0 Å². The third-order valence-corrected chi connectivity index (χ3v) is 2.76. The summed E-state index contributed by atoms with van der Waals surface area (Å²) in [5, 5.41) is 13.6. The van der Waals surface area contributed by atoms with Crippen molar-refractivity contribution in [2.45, 2.75) is 19.3 Å². The molecule has 0 spiro atoms. The topological polar surface area (TPSA) is 63.3 Å². The monoisotopic (exact) mass is 239 g/mol. The number of fused-ring (bicyclic) bond motifs is 1. The Kier molecular flexibility index (Phi) is 2.83. The van der Waals surface area contributed by atoms with Crippen LogP contribution in [0.4, 0.5) is 0 Å². The van der Waals surface area contributed by atoms with Crippen molar-refractivity contribution in [3.8, 4) is 0 Å². The van der Waals surface area contributed by atoms with Crippen molar-refractivity contribution < 1.29 is 14.4 Å². The lowest BCUT2D eigenvalue weighted by molar-refractivity contribution is -0.137. The number of benzene rings is 1. The quantitative estimate of drug-likeness (QED) is 0.894. The Hall–Kier alpha value is -1.55. The molecule has 1 aromatic carbocycles. The molecule has 0 aliphatic carbocycles. The van der Waals surface area contributed by atoms with Crippen LogP contribution in [0.25, 0.3) is 11.0 Å². The molecule has 0 bridgehead atoms. The van der Waals surface area contributed by atoms with Crippen LogP contribution in [0.15, 0.2) is 22.9 Å². The number of rotatable bonds is 3. The molecule has 0 aliphatic heterocycles. The Morgan fingerprint density at radius 2 is 2.38 bits per heavy atom. The van der Waals surface area contributed by atoms with Gasteiger partial charge in [-0.25, -0.2) is 0 Å². The number of carboxylic acid groups (broad SMARTS) is 1. The van der Waals surface area contributed by atoms with Crippen molar-refractivity contribution in [2.24, 2.45) is 0 Å². The summed E-state index contributed by atoms with van der Waals surface area (Å²) in [6, 6.07) is 3.58. The highest BCUT2D eigenvalue weighted by atomic mass is 35.5. The number of halogens is 1. The molecule has 1 heterocycles. The Labute approximate surface area is 96.8 Å². The first-order valence-electron chi connectivity index (χ1n) is 4.83. The zero-order valence-electron chi connectivity index (χ0n) is 8.61. The van der Waals surface area contributed by atoms with Gasteiger partial charge in [0.15, 0.2) is 5.58 Å². The summed E-state index contributed by atoms with van der Waals surface area (Å²) in [7, 11) is 0. The minimum absolute atomic E-state index is 0.0765. The standard InChI is InChI=1S/C11H10ClNO3/c1-6(2-10(14)15)7-3-8-5-13-16-11(8)9(12)4-7/h3-6H,2H2,1H3,(H,14,15). The van der Waals surface area contributed by atoms with E-state index in [2.05, 4.69) is 5.16 Å². The van der Waals surface area contributed by atoms with Gasteiger partial charge < -0.3 is 9.63 Å². The summed E-state index contributed by atoms with van der Waals surface area (Å²) in [4.78, 5) is 10.6. The van der Waals surface area contributed by atoms with Crippen molar-refractivity contribution in [2.75, 3.05) is 0 Å². The zero-order valence-corrected chi connectivity index (χ0v) is 9.36. The molecule has 16 heavy (non-hydrogen) atoms. The fourth-order valence-corrected chi connectivity index (χ4v) is 1.90.